The van der Waals surface area contributed by atoms with Crippen molar-refractivity contribution in [3.8, 4) is 0 Å². The van der Waals surface area contributed by atoms with Crippen LogP contribution in [0, 0.1) is 0 Å². The first kappa shape index (κ1) is 16.9. The highest BCUT2D eigenvalue weighted by Gasteiger charge is 2.41. The number of pyridine rings is 1. The molecule has 1 fully saturated rings. The van der Waals surface area contributed by atoms with Crippen LogP contribution in [0.25, 0.3) is 0 Å². The summed E-state index contributed by atoms with van der Waals surface area (Å²) in [5.41, 5.74) is 1.06. The number of hydrogen-bond acceptors (Lipinski definition) is 4. The molecule has 0 spiro atoms. The molecule has 0 radical (unpaired) electrons. The van der Waals surface area contributed by atoms with Crippen LogP contribution in [-0.4, -0.2) is 52.9 Å². The Bertz CT molecular complexity index is 641. The topological polar surface area (TPSA) is 65.9 Å². The molecule has 8 heteroatoms. The molecule has 0 aliphatic carbocycles. The molecule has 6 nitrogen and oxygen atoms in total. The van der Waals surface area contributed by atoms with Crippen LogP contribution in [0.5, 0.6) is 0 Å². The number of nitrogens with zero attached hydrogens (tertiary/aromatic N) is 3. The number of halogens is 2. The number of fused-ring (bicyclic) bond motifs is 3. The summed E-state index contributed by atoms with van der Waals surface area (Å²) in [4.78, 5) is 18.9. The number of carboxylic acid groups (broad SMARTS) is 1. The van der Waals surface area contributed by atoms with E-state index in [2.05, 4.69) is 4.98 Å². The first-order chi connectivity index (χ1) is 11.4. The second kappa shape index (κ2) is 6.51. The minimum Gasteiger partial charge on any atom is -0.465 e. The number of ether oxygens (including phenoxy) is 1. The Balaban J connectivity index is 1.94. The normalized spacial score (nSPS) is 22.7. The lowest BCUT2D eigenvalue weighted by Crippen LogP contribution is -2.58. The summed E-state index contributed by atoms with van der Waals surface area (Å²) in [7, 11) is 0. The second-order valence-electron chi connectivity index (χ2n) is 6.26. The summed E-state index contributed by atoms with van der Waals surface area (Å²) in [6.07, 6.45) is -3.00. The number of aromatic nitrogens is 1. The number of carbonyl (C=O) groups is 1. The zero-order valence-corrected chi connectivity index (χ0v) is 13.7. The standard InChI is InChI=1S/C16H21F2N3O3/c1-3-24-8-11-4-10-5-12-7-20(16(22)23)6-9(2)21(12)15(10)19-13(11)14(17)18/h4,9,12,14H,3,5-8H2,1-2H3,(H,22,23)/t9-,12-/m1/s1. The Morgan fingerprint density at radius 1 is 1.50 bits per heavy atom. The largest absolute Gasteiger partial charge is 0.465 e. The smallest absolute Gasteiger partial charge is 0.407 e. The van der Waals surface area contributed by atoms with Crippen molar-refractivity contribution in [2.24, 2.45) is 0 Å². The number of anilines is 1. The fourth-order valence-electron chi connectivity index (χ4n) is 3.64. The van der Waals surface area contributed by atoms with Gasteiger partial charge in [-0.1, -0.05) is 0 Å². The van der Waals surface area contributed by atoms with E-state index in [0.717, 1.165) is 5.56 Å². The second-order valence-corrected chi connectivity index (χ2v) is 6.26. The molecule has 1 aromatic heterocycles. The molecule has 2 aliphatic rings. The Hall–Kier alpha value is -1.96. The first-order valence-corrected chi connectivity index (χ1v) is 8.07. The lowest BCUT2D eigenvalue weighted by atomic mass is 10.1. The molecule has 0 bridgehead atoms. The number of piperazine rings is 1. The predicted octanol–water partition coefficient (Wildman–Crippen LogP) is 2.67. The van der Waals surface area contributed by atoms with Crippen molar-refractivity contribution < 1.29 is 23.4 Å². The minimum atomic E-state index is -2.67. The van der Waals surface area contributed by atoms with Gasteiger partial charge in [-0.05, 0) is 31.9 Å². The Morgan fingerprint density at radius 3 is 2.88 bits per heavy atom. The van der Waals surface area contributed by atoms with Crippen molar-refractivity contribution in [3.63, 3.8) is 0 Å². The summed E-state index contributed by atoms with van der Waals surface area (Å²) in [5, 5.41) is 9.23. The van der Waals surface area contributed by atoms with Gasteiger partial charge in [-0.3, -0.25) is 0 Å². The van der Waals surface area contributed by atoms with Gasteiger partial charge < -0.3 is 19.6 Å². The molecule has 0 aromatic carbocycles. The van der Waals surface area contributed by atoms with Crippen LogP contribution in [0.3, 0.4) is 0 Å². The van der Waals surface area contributed by atoms with E-state index in [1.54, 1.807) is 6.07 Å². The van der Waals surface area contributed by atoms with E-state index >= 15 is 0 Å². The van der Waals surface area contributed by atoms with Crippen molar-refractivity contribution in [3.05, 3.63) is 22.9 Å². The molecule has 24 heavy (non-hydrogen) atoms. The molecule has 2 atom stereocenters. The molecule has 1 aromatic rings. The average molecular weight is 341 g/mol. The van der Waals surface area contributed by atoms with Gasteiger partial charge in [0.1, 0.15) is 11.5 Å². The Kier molecular flexibility index (Phi) is 4.58. The third-order valence-corrected chi connectivity index (χ3v) is 4.61. The molecular formula is C16H21F2N3O3. The van der Waals surface area contributed by atoms with Crippen LogP contribution in [0.15, 0.2) is 6.07 Å². The fraction of sp³-hybridized carbons (Fsp3) is 0.625. The highest BCUT2D eigenvalue weighted by atomic mass is 19.3. The highest BCUT2D eigenvalue weighted by Crippen LogP contribution is 2.38. The van der Waals surface area contributed by atoms with Crippen molar-refractivity contribution in [1.82, 2.24) is 9.88 Å². The highest BCUT2D eigenvalue weighted by molar-refractivity contribution is 5.67. The summed E-state index contributed by atoms with van der Waals surface area (Å²) in [6, 6.07) is 1.59. The number of rotatable bonds is 4. The lowest BCUT2D eigenvalue weighted by Gasteiger charge is -2.42. The van der Waals surface area contributed by atoms with Crippen molar-refractivity contribution >= 4 is 11.9 Å². The van der Waals surface area contributed by atoms with Crippen molar-refractivity contribution in [2.45, 2.75) is 45.4 Å². The van der Waals surface area contributed by atoms with Crippen LogP contribution >= 0.6 is 0 Å². The van der Waals surface area contributed by atoms with Gasteiger partial charge in [-0.15, -0.1) is 0 Å². The minimum absolute atomic E-state index is 0.0554. The maximum atomic E-state index is 13.4. The van der Waals surface area contributed by atoms with E-state index in [1.807, 2.05) is 18.7 Å². The number of hydrogen-bond donors (Lipinski definition) is 1. The van der Waals surface area contributed by atoms with Gasteiger partial charge >= 0.3 is 6.09 Å². The Morgan fingerprint density at radius 2 is 2.25 bits per heavy atom. The molecule has 1 amide bonds. The molecule has 0 unspecified atom stereocenters. The zero-order valence-electron chi connectivity index (χ0n) is 13.7. The van der Waals surface area contributed by atoms with E-state index in [4.69, 9.17) is 4.74 Å². The third-order valence-electron chi connectivity index (χ3n) is 4.61. The monoisotopic (exact) mass is 341 g/mol. The van der Waals surface area contributed by atoms with Crippen molar-refractivity contribution in [1.29, 1.82) is 0 Å². The van der Waals surface area contributed by atoms with E-state index in [1.165, 1.54) is 4.90 Å². The van der Waals surface area contributed by atoms with Crippen LogP contribution in [-0.2, 0) is 17.8 Å². The molecular weight excluding hydrogens is 320 g/mol. The van der Waals surface area contributed by atoms with Gasteiger partial charge in [-0.25, -0.2) is 18.6 Å². The molecule has 132 valence electrons. The summed E-state index contributed by atoms with van der Waals surface area (Å²) >= 11 is 0. The quantitative estimate of drug-likeness (QED) is 0.912. The van der Waals surface area contributed by atoms with Crippen LogP contribution in [0.2, 0.25) is 0 Å². The fourth-order valence-corrected chi connectivity index (χ4v) is 3.64. The molecule has 1 saturated heterocycles. The maximum Gasteiger partial charge on any atom is 0.407 e. The van der Waals surface area contributed by atoms with Crippen LogP contribution in [0.4, 0.5) is 19.4 Å². The van der Waals surface area contributed by atoms with Gasteiger partial charge in [0.2, 0.25) is 0 Å². The maximum absolute atomic E-state index is 13.4. The Labute approximate surface area is 139 Å². The van der Waals surface area contributed by atoms with E-state index in [9.17, 15) is 18.7 Å². The van der Waals surface area contributed by atoms with E-state index in [-0.39, 0.29) is 24.4 Å². The predicted molar refractivity (Wildman–Crippen MR) is 83.6 cm³/mol. The van der Waals surface area contributed by atoms with Gasteiger partial charge in [0.25, 0.3) is 6.43 Å². The summed E-state index contributed by atoms with van der Waals surface area (Å²) < 4.78 is 32.1. The average Bonchev–Trinajstić information content (AvgIpc) is 2.89. The SMILES string of the molecule is CCOCc1cc2c(nc1C(F)F)N1[C@H](C2)CN(C(=O)O)C[C@H]1C. The molecule has 0 saturated carbocycles. The van der Waals surface area contributed by atoms with Gasteiger partial charge in [0, 0.05) is 31.3 Å². The first-order valence-electron chi connectivity index (χ1n) is 8.07. The lowest BCUT2D eigenvalue weighted by molar-refractivity contribution is 0.118. The van der Waals surface area contributed by atoms with Crippen molar-refractivity contribution in [2.75, 3.05) is 24.6 Å². The van der Waals surface area contributed by atoms with E-state index in [0.29, 0.717) is 37.5 Å². The van der Waals surface area contributed by atoms with Crippen LogP contribution < -0.4 is 4.90 Å². The summed E-state index contributed by atoms with van der Waals surface area (Å²) in [5.74, 6) is 0.563. The number of alkyl halides is 2. The van der Waals surface area contributed by atoms with E-state index < -0.39 is 12.5 Å². The molecule has 3 rings (SSSR count). The van der Waals surface area contributed by atoms with Crippen LogP contribution in [0.1, 0.15) is 37.1 Å². The van der Waals surface area contributed by atoms with Gasteiger partial charge in [0.15, 0.2) is 0 Å². The zero-order chi connectivity index (χ0) is 17.4. The van der Waals surface area contributed by atoms with Gasteiger partial charge in [-0.2, -0.15) is 0 Å². The third kappa shape index (κ3) is 2.90. The number of amides is 1. The molecule has 2 aliphatic heterocycles. The summed E-state index contributed by atoms with van der Waals surface area (Å²) in [6.45, 7) is 4.97. The molecule has 1 N–H and O–H groups in total. The van der Waals surface area contributed by atoms with Gasteiger partial charge in [0.05, 0.1) is 12.6 Å². The molecule has 3 heterocycles.